The topological polar surface area (TPSA) is 43.6 Å². The zero-order valence-electron chi connectivity index (χ0n) is 7.63. The summed E-state index contributed by atoms with van der Waals surface area (Å²) < 4.78 is 0. The summed E-state index contributed by atoms with van der Waals surface area (Å²) >= 11 is 3.53. The number of halogens is 1. The average Bonchev–Trinajstić information content (AvgIpc) is 2.65. The number of tetrazole rings is 1. The largest absolute Gasteiger partial charge is 0.192 e. The third-order valence-corrected chi connectivity index (χ3v) is 2.78. The van der Waals surface area contributed by atoms with Crippen molar-refractivity contribution in [2.45, 2.75) is 4.83 Å². The third kappa shape index (κ3) is 1.82. The van der Waals surface area contributed by atoms with Crippen LogP contribution in [0.4, 0.5) is 0 Å². The monoisotopic (exact) mass is 252 g/mol. The fourth-order valence-electron chi connectivity index (χ4n) is 1.17. The molecule has 1 heterocycles. The second kappa shape index (κ2) is 3.88. The number of aromatic nitrogens is 4. The molecule has 1 unspecified atom stereocenters. The lowest BCUT2D eigenvalue weighted by Crippen LogP contribution is -1.97. The van der Waals surface area contributed by atoms with Gasteiger partial charge in [0.15, 0.2) is 5.82 Å². The van der Waals surface area contributed by atoms with E-state index in [2.05, 4.69) is 31.3 Å². The Morgan fingerprint density at radius 3 is 2.57 bits per heavy atom. The number of hydrogen-bond acceptors (Lipinski definition) is 3. The van der Waals surface area contributed by atoms with E-state index in [-0.39, 0.29) is 4.83 Å². The molecule has 0 radical (unpaired) electrons. The van der Waals surface area contributed by atoms with Crippen LogP contribution in [0.5, 0.6) is 0 Å². The van der Waals surface area contributed by atoms with Gasteiger partial charge < -0.3 is 0 Å². The van der Waals surface area contributed by atoms with Crippen molar-refractivity contribution in [3.63, 3.8) is 0 Å². The molecule has 0 aliphatic rings. The van der Waals surface area contributed by atoms with E-state index >= 15 is 0 Å². The molecule has 2 rings (SSSR count). The fourth-order valence-corrected chi connectivity index (χ4v) is 1.66. The molecule has 14 heavy (non-hydrogen) atoms. The molecule has 0 N–H and O–H groups in total. The summed E-state index contributed by atoms with van der Waals surface area (Å²) in [6, 6.07) is 10.00. The van der Waals surface area contributed by atoms with Crippen molar-refractivity contribution in [1.29, 1.82) is 0 Å². The number of aryl methyl sites for hydroxylation is 1. The molecule has 0 fully saturated rings. The van der Waals surface area contributed by atoms with Crippen LogP contribution in [0.2, 0.25) is 0 Å². The number of rotatable bonds is 2. The predicted octanol–water partition coefficient (Wildman–Crippen LogP) is 1.69. The fraction of sp³-hybridized carbons (Fsp3) is 0.222. The van der Waals surface area contributed by atoms with E-state index in [9.17, 15) is 0 Å². The molecule has 1 aromatic heterocycles. The Labute approximate surface area is 90.1 Å². The van der Waals surface area contributed by atoms with E-state index in [1.807, 2.05) is 30.3 Å². The summed E-state index contributed by atoms with van der Waals surface area (Å²) in [5.41, 5.74) is 1.13. The van der Waals surface area contributed by atoms with Crippen LogP contribution >= 0.6 is 15.9 Å². The summed E-state index contributed by atoms with van der Waals surface area (Å²) in [5, 5.41) is 11.9. The minimum atomic E-state index is 0.0115. The van der Waals surface area contributed by atoms with Crippen LogP contribution in [0, 0.1) is 0 Å². The maximum Gasteiger partial charge on any atom is 0.192 e. The Balaban J connectivity index is 2.29. The van der Waals surface area contributed by atoms with Crippen molar-refractivity contribution in [2.75, 3.05) is 0 Å². The van der Waals surface area contributed by atoms with Gasteiger partial charge >= 0.3 is 0 Å². The van der Waals surface area contributed by atoms with Crippen LogP contribution in [0.1, 0.15) is 16.2 Å². The minimum absolute atomic E-state index is 0.0115. The Hall–Kier alpha value is -1.23. The van der Waals surface area contributed by atoms with Crippen LogP contribution < -0.4 is 0 Å². The zero-order valence-corrected chi connectivity index (χ0v) is 9.22. The Morgan fingerprint density at radius 1 is 1.29 bits per heavy atom. The van der Waals surface area contributed by atoms with Gasteiger partial charge in [-0.15, -0.1) is 10.2 Å². The van der Waals surface area contributed by atoms with Crippen molar-refractivity contribution in [3.05, 3.63) is 41.7 Å². The highest BCUT2D eigenvalue weighted by molar-refractivity contribution is 9.09. The predicted molar refractivity (Wildman–Crippen MR) is 56.0 cm³/mol. The molecule has 72 valence electrons. The molecule has 2 aromatic rings. The smallest absolute Gasteiger partial charge is 0.167 e. The van der Waals surface area contributed by atoms with Crippen LogP contribution in [0.25, 0.3) is 0 Å². The Kier molecular flexibility index (Phi) is 2.58. The molecule has 0 bridgehead atoms. The average molecular weight is 253 g/mol. The van der Waals surface area contributed by atoms with Gasteiger partial charge in [0.2, 0.25) is 0 Å². The SMILES string of the molecule is Cn1nnc(C(Br)c2ccccc2)n1. The molecule has 1 aromatic carbocycles. The van der Waals surface area contributed by atoms with E-state index in [4.69, 9.17) is 0 Å². The highest BCUT2D eigenvalue weighted by atomic mass is 79.9. The first-order chi connectivity index (χ1) is 6.77. The highest BCUT2D eigenvalue weighted by Gasteiger charge is 2.14. The van der Waals surface area contributed by atoms with E-state index in [0.29, 0.717) is 5.82 Å². The van der Waals surface area contributed by atoms with E-state index in [0.717, 1.165) is 5.56 Å². The quantitative estimate of drug-likeness (QED) is 0.765. The molecule has 0 aliphatic heterocycles. The maximum atomic E-state index is 4.13. The summed E-state index contributed by atoms with van der Waals surface area (Å²) in [4.78, 5) is 1.46. The number of nitrogens with zero attached hydrogens (tertiary/aromatic N) is 4. The molecule has 5 heteroatoms. The van der Waals surface area contributed by atoms with Gasteiger partial charge in [0.25, 0.3) is 0 Å². The van der Waals surface area contributed by atoms with Gasteiger partial charge in [-0.1, -0.05) is 46.3 Å². The van der Waals surface area contributed by atoms with Gasteiger partial charge in [-0.3, -0.25) is 0 Å². The Morgan fingerprint density at radius 2 is 2.00 bits per heavy atom. The lowest BCUT2D eigenvalue weighted by molar-refractivity contribution is 0.628. The van der Waals surface area contributed by atoms with Crippen LogP contribution in [0.3, 0.4) is 0 Å². The maximum absolute atomic E-state index is 4.13. The standard InChI is InChI=1S/C9H9BrN4/c1-14-12-9(11-13-14)8(10)7-5-3-2-4-6-7/h2-6,8H,1H3. The van der Waals surface area contributed by atoms with E-state index in [1.165, 1.54) is 4.80 Å². The number of benzene rings is 1. The molecular weight excluding hydrogens is 244 g/mol. The molecule has 4 nitrogen and oxygen atoms in total. The van der Waals surface area contributed by atoms with Gasteiger partial charge in [0, 0.05) is 0 Å². The first-order valence-electron chi connectivity index (χ1n) is 4.20. The Bertz CT molecular complexity index is 412. The van der Waals surface area contributed by atoms with Gasteiger partial charge in [0.05, 0.1) is 7.05 Å². The summed E-state index contributed by atoms with van der Waals surface area (Å²) in [7, 11) is 1.75. The molecule has 0 saturated carbocycles. The van der Waals surface area contributed by atoms with Gasteiger partial charge in [0.1, 0.15) is 4.83 Å². The second-order valence-electron chi connectivity index (χ2n) is 2.91. The normalized spacial score (nSPS) is 12.7. The van der Waals surface area contributed by atoms with E-state index < -0.39 is 0 Å². The molecule has 0 saturated heterocycles. The molecule has 0 spiro atoms. The van der Waals surface area contributed by atoms with Crippen molar-refractivity contribution in [1.82, 2.24) is 20.2 Å². The van der Waals surface area contributed by atoms with Crippen molar-refractivity contribution < 1.29 is 0 Å². The molecule has 0 aliphatic carbocycles. The molecule has 1 atom stereocenters. The van der Waals surface area contributed by atoms with E-state index in [1.54, 1.807) is 7.05 Å². The van der Waals surface area contributed by atoms with Gasteiger partial charge in [-0.25, -0.2) is 0 Å². The first kappa shape index (κ1) is 9.33. The van der Waals surface area contributed by atoms with Gasteiger partial charge in [-0.05, 0) is 10.8 Å². The molecule has 0 amide bonds. The highest BCUT2D eigenvalue weighted by Crippen LogP contribution is 2.26. The minimum Gasteiger partial charge on any atom is -0.167 e. The van der Waals surface area contributed by atoms with Crippen LogP contribution in [0.15, 0.2) is 30.3 Å². The van der Waals surface area contributed by atoms with Crippen molar-refractivity contribution in [3.8, 4) is 0 Å². The van der Waals surface area contributed by atoms with Crippen molar-refractivity contribution >= 4 is 15.9 Å². The molecular formula is C9H9BrN4. The van der Waals surface area contributed by atoms with Crippen LogP contribution in [-0.2, 0) is 7.05 Å². The summed E-state index contributed by atoms with van der Waals surface area (Å²) in [6.45, 7) is 0. The summed E-state index contributed by atoms with van der Waals surface area (Å²) in [6.07, 6.45) is 0. The lowest BCUT2D eigenvalue weighted by Gasteiger charge is -2.03. The van der Waals surface area contributed by atoms with Crippen LogP contribution in [-0.4, -0.2) is 20.2 Å². The number of alkyl halides is 1. The van der Waals surface area contributed by atoms with Crippen molar-refractivity contribution in [2.24, 2.45) is 7.05 Å². The number of hydrogen-bond donors (Lipinski definition) is 0. The first-order valence-corrected chi connectivity index (χ1v) is 5.12. The van der Waals surface area contributed by atoms with Gasteiger partial charge in [-0.2, -0.15) is 4.80 Å². The third-order valence-electron chi connectivity index (χ3n) is 1.84. The lowest BCUT2D eigenvalue weighted by atomic mass is 10.1. The summed E-state index contributed by atoms with van der Waals surface area (Å²) in [5.74, 6) is 0.679. The second-order valence-corrected chi connectivity index (χ2v) is 3.83. The zero-order chi connectivity index (χ0) is 9.97.